The first kappa shape index (κ1) is 6.03. The summed E-state index contributed by atoms with van der Waals surface area (Å²) < 4.78 is 0. The van der Waals surface area contributed by atoms with E-state index < -0.39 is 0 Å². The summed E-state index contributed by atoms with van der Waals surface area (Å²) in [6, 6.07) is 0. The van der Waals surface area contributed by atoms with Gasteiger partial charge in [-0.2, -0.15) is 0 Å². The van der Waals surface area contributed by atoms with Crippen molar-refractivity contribution in [3.8, 4) is 0 Å². The predicted octanol–water partition coefficient (Wildman–Crippen LogP) is 2.35. The lowest BCUT2D eigenvalue weighted by Crippen LogP contribution is -1.64. The molecule has 35 valence electrons. The van der Waals surface area contributed by atoms with Gasteiger partial charge in [-0.3, -0.25) is 0 Å². The summed E-state index contributed by atoms with van der Waals surface area (Å²) in [5.74, 6) is 0. The van der Waals surface area contributed by atoms with Gasteiger partial charge < -0.3 is 0 Å². The minimum Gasteiger partial charge on any atom is -0.0895 e. The first-order valence-corrected chi connectivity index (χ1v) is 2.32. The van der Waals surface area contributed by atoms with Crippen molar-refractivity contribution in [3.63, 3.8) is 0 Å². The number of rotatable bonds is 2. The quantitative estimate of drug-likeness (QED) is 0.503. The predicted molar refractivity (Wildman–Crippen MR) is 29.6 cm³/mol. The second-order valence-electron chi connectivity index (χ2n) is 1.06. The molecule has 0 spiro atoms. The Morgan fingerprint density at radius 3 is 2.50 bits per heavy atom. The summed E-state index contributed by atoms with van der Waals surface area (Å²) in [6.07, 6.45) is 2.84. The lowest BCUT2D eigenvalue weighted by molar-refractivity contribution is 1.14. The molecule has 0 saturated heterocycles. The molecule has 6 heavy (non-hydrogen) atoms. The van der Waals surface area contributed by atoms with Crippen LogP contribution in [0.3, 0.4) is 0 Å². The molecule has 0 atom stereocenters. The third kappa shape index (κ3) is 4.03. The SMILES string of the molecule is C=C(Cl)[CH]CC. The van der Waals surface area contributed by atoms with Crippen molar-refractivity contribution in [2.75, 3.05) is 0 Å². The summed E-state index contributed by atoms with van der Waals surface area (Å²) in [5, 5.41) is 0.637. The third-order valence-corrected chi connectivity index (χ3v) is 0.580. The lowest BCUT2D eigenvalue weighted by atomic mass is 10.3. The van der Waals surface area contributed by atoms with Crippen LogP contribution < -0.4 is 0 Å². The number of allylic oxidation sites excluding steroid dienone is 1. The topological polar surface area (TPSA) is 0 Å². The van der Waals surface area contributed by atoms with E-state index in [1.54, 1.807) is 0 Å². The smallest absolute Gasteiger partial charge is 0.0146 e. The zero-order valence-electron chi connectivity index (χ0n) is 3.87. The van der Waals surface area contributed by atoms with Gasteiger partial charge in [0, 0.05) is 11.5 Å². The maximum absolute atomic E-state index is 5.33. The highest BCUT2D eigenvalue weighted by molar-refractivity contribution is 6.30. The Morgan fingerprint density at radius 2 is 2.50 bits per heavy atom. The molecular weight excluding hydrogens is 95.5 g/mol. The largest absolute Gasteiger partial charge is 0.0895 e. The zero-order chi connectivity index (χ0) is 4.99. The average Bonchev–Trinajstić information content (AvgIpc) is 1.35. The Hall–Kier alpha value is 0.0300. The molecule has 1 heteroatoms. The molecule has 0 aliphatic carbocycles. The van der Waals surface area contributed by atoms with Crippen molar-refractivity contribution < 1.29 is 0 Å². The van der Waals surface area contributed by atoms with Gasteiger partial charge in [-0.05, 0) is 6.42 Å². The molecule has 0 saturated carbocycles. The monoisotopic (exact) mass is 103 g/mol. The van der Waals surface area contributed by atoms with Gasteiger partial charge in [0.1, 0.15) is 0 Å². The van der Waals surface area contributed by atoms with Crippen molar-refractivity contribution in [3.05, 3.63) is 18.0 Å². The molecule has 0 amide bonds. The fraction of sp³-hybridized carbons (Fsp3) is 0.400. The highest BCUT2D eigenvalue weighted by atomic mass is 35.5. The minimum atomic E-state index is 0.637. The van der Waals surface area contributed by atoms with E-state index in [1.165, 1.54) is 0 Å². The summed E-state index contributed by atoms with van der Waals surface area (Å²) >= 11 is 5.33. The van der Waals surface area contributed by atoms with Crippen molar-refractivity contribution >= 4 is 11.6 Å². The Labute approximate surface area is 43.8 Å². The number of hydrogen-bond donors (Lipinski definition) is 0. The highest BCUT2D eigenvalue weighted by Crippen LogP contribution is 2.02. The standard InChI is InChI=1S/C5H8Cl/c1-3-4-5(2)6/h4H,2-3H2,1H3. The second kappa shape index (κ2) is 3.23. The van der Waals surface area contributed by atoms with Crippen molar-refractivity contribution in [1.82, 2.24) is 0 Å². The van der Waals surface area contributed by atoms with E-state index in [9.17, 15) is 0 Å². The molecule has 0 heterocycles. The molecule has 0 rings (SSSR count). The van der Waals surface area contributed by atoms with Gasteiger partial charge >= 0.3 is 0 Å². The molecule has 0 nitrogen and oxygen atoms in total. The maximum Gasteiger partial charge on any atom is 0.0146 e. The molecule has 0 bridgehead atoms. The van der Waals surface area contributed by atoms with Crippen LogP contribution in [0, 0.1) is 6.42 Å². The summed E-state index contributed by atoms with van der Waals surface area (Å²) in [5.41, 5.74) is 0. The fourth-order valence-corrected chi connectivity index (χ4v) is 0.376. The van der Waals surface area contributed by atoms with E-state index in [0.29, 0.717) is 5.03 Å². The van der Waals surface area contributed by atoms with Gasteiger partial charge in [-0.15, -0.1) is 0 Å². The molecule has 0 aromatic rings. The van der Waals surface area contributed by atoms with Gasteiger partial charge in [-0.25, -0.2) is 0 Å². The van der Waals surface area contributed by atoms with E-state index in [4.69, 9.17) is 11.6 Å². The molecular formula is C5H8Cl. The molecule has 0 aromatic carbocycles. The Morgan fingerprint density at radius 1 is 2.00 bits per heavy atom. The summed E-state index contributed by atoms with van der Waals surface area (Å²) in [4.78, 5) is 0. The highest BCUT2D eigenvalue weighted by Gasteiger charge is 1.79. The normalized spacial score (nSPS) is 8.33. The first-order valence-electron chi connectivity index (χ1n) is 1.95. The molecule has 0 N–H and O–H groups in total. The van der Waals surface area contributed by atoms with Gasteiger partial charge in [0.2, 0.25) is 0 Å². The summed E-state index contributed by atoms with van der Waals surface area (Å²) in [6.45, 7) is 5.48. The number of halogens is 1. The van der Waals surface area contributed by atoms with Crippen LogP contribution in [-0.4, -0.2) is 0 Å². The van der Waals surface area contributed by atoms with Gasteiger partial charge in [0.15, 0.2) is 0 Å². The van der Waals surface area contributed by atoms with Crippen molar-refractivity contribution in [2.45, 2.75) is 13.3 Å². The maximum atomic E-state index is 5.33. The van der Waals surface area contributed by atoms with Gasteiger partial charge in [0.05, 0.1) is 0 Å². The van der Waals surface area contributed by atoms with Crippen molar-refractivity contribution in [1.29, 1.82) is 0 Å². The third-order valence-electron chi connectivity index (χ3n) is 0.426. The van der Waals surface area contributed by atoms with Gasteiger partial charge in [0.25, 0.3) is 0 Å². The van der Waals surface area contributed by atoms with E-state index in [2.05, 4.69) is 6.58 Å². The lowest BCUT2D eigenvalue weighted by Gasteiger charge is -1.83. The Balaban J connectivity index is 2.83. The fourth-order valence-electron chi connectivity index (χ4n) is 0.221. The molecule has 0 aliphatic heterocycles. The number of hydrogen-bond acceptors (Lipinski definition) is 0. The minimum absolute atomic E-state index is 0.637. The zero-order valence-corrected chi connectivity index (χ0v) is 4.63. The molecule has 0 fully saturated rings. The molecule has 0 aliphatic rings. The summed E-state index contributed by atoms with van der Waals surface area (Å²) in [7, 11) is 0. The Bertz CT molecular complexity index is 47.9. The van der Waals surface area contributed by atoms with Crippen LogP contribution in [0.2, 0.25) is 0 Å². The van der Waals surface area contributed by atoms with E-state index in [-0.39, 0.29) is 0 Å². The van der Waals surface area contributed by atoms with E-state index >= 15 is 0 Å². The van der Waals surface area contributed by atoms with Gasteiger partial charge in [-0.1, -0.05) is 25.1 Å². The van der Waals surface area contributed by atoms with Crippen molar-refractivity contribution in [2.24, 2.45) is 0 Å². The average molecular weight is 104 g/mol. The van der Waals surface area contributed by atoms with Crippen LogP contribution in [0.4, 0.5) is 0 Å². The van der Waals surface area contributed by atoms with E-state index in [0.717, 1.165) is 6.42 Å². The van der Waals surface area contributed by atoms with Crippen LogP contribution in [0.5, 0.6) is 0 Å². The van der Waals surface area contributed by atoms with Crippen LogP contribution in [0.25, 0.3) is 0 Å². The van der Waals surface area contributed by atoms with Crippen LogP contribution in [0.15, 0.2) is 11.6 Å². The molecule has 0 aromatic heterocycles. The van der Waals surface area contributed by atoms with Crippen LogP contribution in [-0.2, 0) is 0 Å². The Kier molecular flexibility index (Phi) is 3.24. The first-order chi connectivity index (χ1) is 2.77. The molecule has 1 radical (unpaired) electrons. The van der Waals surface area contributed by atoms with E-state index in [1.807, 2.05) is 13.3 Å². The molecule has 0 unspecified atom stereocenters. The second-order valence-corrected chi connectivity index (χ2v) is 1.54. The van der Waals surface area contributed by atoms with Crippen LogP contribution in [0.1, 0.15) is 13.3 Å². The van der Waals surface area contributed by atoms with Crippen LogP contribution >= 0.6 is 11.6 Å².